The van der Waals surface area contributed by atoms with Crippen LogP contribution in [0.5, 0.6) is 5.75 Å². The number of carbonyl (C=O) groups is 3. The monoisotopic (exact) mass is 519 g/mol. The van der Waals surface area contributed by atoms with Crippen molar-refractivity contribution in [3.63, 3.8) is 0 Å². The van der Waals surface area contributed by atoms with Gasteiger partial charge in [-0.3, -0.25) is 9.59 Å². The maximum atomic E-state index is 13.3. The Morgan fingerprint density at radius 3 is 2.31 bits per heavy atom. The quantitative estimate of drug-likeness (QED) is 0.516. The van der Waals surface area contributed by atoms with Gasteiger partial charge < -0.3 is 20.2 Å². The molecule has 11 heteroatoms. The van der Waals surface area contributed by atoms with Crippen molar-refractivity contribution < 1.29 is 31.9 Å². The summed E-state index contributed by atoms with van der Waals surface area (Å²) in [6.07, 6.45) is 1.49. The highest BCUT2D eigenvalue weighted by atomic mass is 32.2. The number of aldehydes is 1. The number of hydrogen-bond donors (Lipinski definition) is 3. The highest BCUT2D eigenvalue weighted by molar-refractivity contribution is 7.89. The number of fused-ring (bicyclic) bond motifs is 13. The molecule has 4 rings (SSSR count). The zero-order valence-corrected chi connectivity index (χ0v) is 20.9. The van der Waals surface area contributed by atoms with Gasteiger partial charge in [0.25, 0.3) is 0 Å². The SMILES string of the molecule is CC(C)C1NC(=O)C(NS(=O)(=O)c2ccc(F)cc2)Cc2ccc(cc2)OCCCC(C=O)NC1=O. The van der Waals surface area contributed by atoms with Crippen LogP contribution in [0, 0.1) is 11.7 Å². The average Bonchev–Trinajstić information content (AvgIpc) is 2.84. The molecule has 0 saturated carbocycles. The standard InChI is InChI=1S/C25H30FN3O6S/c1-16(2)23-25(32)27-19(15-30)4-3-13-35-20-9-5-17(6-10-20)14-22(24(31)28-23)29-36(33,34)21-11-7-18(26)8-12-21/h5-12,15-16,19,22-23,29H,3-4,13-14H2,1-2H3,(H,27,32)(H,28,31). The summed E-state index contributed by atoms with van der Waals surface area (Å²) in [7, 11) is -4.20. The molecule has 2 bridgehead atoms. The molecule has 0 spiro atoms. The highest BCUT2D eigenvalue weighted by Crippen LogP contribution is 2.17. The molecule has 9 nitrogen and oxygen atoms in total. The van der Waals surface area contributed by atoms with Gasteiger partial charge in [-0.15, -0.1) is 0 Å². The van der Waals surface area contributed by atoms with E-state index >= 15 is 0 Å². The van der Waals surface area contributed by atoms with Crippen molar-refractivity contribution in [1.82, 2.24) is 15.4 Å². The van der Waals surface area contributed by atoms with Gasteiger partial charge in [-0.2, -0.15) is 4.72 Å². The number of sulfonamides is 1. The van der Waals surface area contributed by atoms with E-state index in [0.717, 1.165) is 24.3 Å². The molecule has 194 valence electrons. The smallest absolute Gasteiger partial charge is 0.243 e. The zero-order valence-electron chi connectivity index (χ0n) is 20.1. The van der Waals surface area contributed by atoms with Crippen LogP contribution >= 0.6 is 0 Å². The third-order valence-corrected chi connectivity index (χ3v) is 7.26. The van der Waals surface area contributed by atoms with Gasteiger partial charge in [-0.1, -0.05) is 26.0 Å². The maximum Gasteiger partial charge on any atom is 0.243 e. The van der Waals surface area contributed by atoms with E-state index in [0.29, 0.717) is 37.0 Å². The summed E-state index contributed by atoms with van der Waals surface area (Å²) in [5.74, 6) is -1.64. The molecule has 2 amide bonds. The van der Waals surface area contributed by atoms with Gasteiger partial charge in [-0.25, -0.2) is 12.8 Å². The van der Waals surface area contributed by atoms with E-state index in [1.54, 1.807) is 38.1 Å². The number of carbonyl (C=O) groups excluding carboxylic acids is 3. The lowest BCUT2D eigenvalue weighted by molar-refractivity contribution is -0.131. The Morgan fingerprint density at radius 1 is 1.03 bits per heavy atom. The Balaban J connectivity index is 1.94. The number of amides is 2. The summed E-state index contributed by atoms with van der Waals surface area (Å²) in [4.78, 5) is 37.5. The number of ether oxygens (including phenoxy) is 1. The van der Waals surface area contributed by atoms with E-state index in [1.165, 1.54) is 0 Å². The first-order chi connectivity index (χ1) is 17.1. The van der Waals surface area contributed by atoms with Crippen molar-refractivity contribution in [3.8, 4) is 5.75 Å². The van der Waals surface area contributed by atoms with Gasteiger partial charge in [0, 0.05) is 0 Å². The van der Waals surface area contributed by atoms with Gasteiger partial charge in [0.1, 0.15) is 29.9 Å². The van der Waals surface area contributed by atoms with Crippen molar-refractivity contribution in [2.45, 2.75) is 56.1 Å². The largest absolute Gasteiger partial charge is 0.494 e. The molecule has 3 N–H and O–H groups in total. The Bertz CT molecular complexity index is 1170. The summed E-state index contributed by atoms with van der Waals surface area (Å²) in [6.45, 7) is 3.79. The van der Waals surface area contributed by atoms with E-state index in [2.05, 4.69) is 15.4 Å². The summed E-state index contributed by atoms with van der Waals surface area (Å²) in [6, 6.07) is 8.01. The van der Waals surface area contributed by atoms with Crippen molar-refractivity contribution in [1.29, 1.82) is 0 Å². The fraction of sp³-hybridized carbons (Fsp3) is 0.400. The Kier molecular flexibility index (Phi) is 9.16. The molecule has 2 heterocycles. The molecule has 2 aliphatic rings. The fourth-order valence-corrected chi connectivity index (χ4v) is 4.94. The van der Waals surface area contributed by atoms with Gasteiger partial charge in [0.05, 0.1) is 17.5 Å². The first-order valence-corrected chi connectivity index (χ1v) is 13.1. The van der Waals surface area contributed by atoms with E-state index in [1.807, 2.05) is 0 Å². The molecule has 2 aromatic carbocycles. The van der Waals surface area contributed by atoms with Crippen molar-refractivity contribution >= 4 is 28.1 Å². The lowest BCUT2D eigenvalue weighted by atomic mass is 10.0. The van der Waals surface area contributed by atoms with Crippen LogP contribution in [0.15, 0.2) is 53.4 Å². The molecule has 36 heavy (non-hydrogen) atoms. The zero-order chi connectivity index (χ0) is 26.3. The fourth-order valence-electron chi connectivity index (χ4n) is 3.74. The molecule has 2 aliphatic heterocycles. The molecule has 2 aromatic rings. The van der Waals surface area contributed by atoms with Crippen LogP contribution < -0.4 is 20.1 Å². The summed E-state index contributed by atoms with van der Waals surface area (Å²) < 4.78 is 47.3. The van der Waals surface area contributed by atoms with E-state index in [-0.39, 0.29) is 17.2 Å². The number of benzene rings is 2. The first kappa shape index (κ1) is 27.3. The summed E-state index contributed by atoms with van der Waals surface area (Å²) in [5, 5.41) is 5.28. The number of halogens is 1. The van der Waals surface area contributed by atoms with Gasteiger partial charge in [-0.05, 0) is 67.1 Å². The second kappa shape index (κ2) is 12.1. The normalized spacial score (nSPS) is 21.9. The lowest BCUT2D eigenvalue weighted by Gasteiger charge is -2.26. The number of rotatable bonds is 5. The maximum absolute atomic E-state index is 13.3. The average molecular weight is 520 g/mol. The second-order valence-corrected chi connectivity index (χ2v) is 10.7. The van der Waals surface area contributed by atoms with Crippen LogP contribution in [0.25, 0.3) is 0 Å². The lowest BCUT2D eigenvalue weighted by Crippen LogP contribution is -2.57. The molecular formula is C25H30FN3O6S. The number of nitrogens with one attached hydrogen (secondary N) is 3. The van der Waals surface area contributed by atoms with Gasteiger partial charge >= 0.3 is 0 Å². The van der Waals surface area contributed by atoms with Crippen LogP contribution in [0.1, 0.15) is 32.3 Å². The topological polar surface area (TPSA) is 131 Å². The Labute approximate surface area is 209 Å². The predicted octanol–water partition coefficient (Wildman–Crippen LogP) is 1.71. The molecule has 0 radical (unpaired) electrons. The molecule has 0 aromatic heterocycles. The molecular weight excluding hydrogens is 489 g/mol. The van der Waals surface area contributed by atoms with Crippen LogP contribution in [-0.4, -0.2) is 51.3 Å². The minimum Gasteiger partial charge on any atom is -0.494 e. The Morgan fingerprint density at radius 2 is 1.69 bits per heavy atom. The molecule has 3 unspecified atom stereocenters. The first-order valence-electron chi connectivity index (χ1n) is 11.6. The van der Waals surface area contributed by atoms with Crippen molar-refractivity contribution in [3.05, 3.63) is 59.9 Å². The van der Waals surface area contributed by atoms with Crippen LogP contribution in [0.4, 0.5) is 4.39 Å². The summed E-state index contributed by atoms with van der Waals surface area (Å²) in [5.41, 5.74) is 0.656. The highest BCUT2D eigenvalue weighted by Gasteiger charge is 2.32. The predicted molar refractivity (Wildman–Crippen MR) is 130 cm³/mol. The van der Waals surface area contributed by atoms with Crippen molar-refractivity contribution in [2.24, 2.45) is 5.92 Å². The minimum absolute atomic E-state index is 0.0179. The second-order valence-electron chi connectivity index (χ2n) is 8.95. The van der Waals surface area contributed by atoms with Crippen LogP contribution in [0.3, 0.4) is 0 Å². The van der Waals surface area contributed by atoms with E-state index in [4.69, 9.17) is 4.74 Å². The minimum atomic E-state index is -4.20. The van der Waals surface area contributed by atoms with E-state index < -0.39 is 45.8 Å². The molecule has 0 aliphatic carbocycles. The van der Waals surface area contributed by atoms with Crippen LogP contribution in [-0.2, 0) is 30.8 Å². The number of hydrogen-bond acceptors (Lipinski definition) is 6. The summed E-state index contributed by atoms with van der Waals surface area (Å²) >= 11 is 0. The molecule has 0 saturated heterocycles. The van der Waals surface area contributed by atoms with Crippen LogP contribution in [0.2, 0.25) is 0 Å². The molecule has 0 fully saturated rings. The third kappa shape index (κ3) is 7.34. The Hall–Kier alpha value is -3.31. The van der Waals surface area contributed by atoms with Gasteiger partial charge in [0.2, 0.25) is 21.8 Å². The van der Waals surface area contributed by atoms with E-state index in [9.17, 15) is 27.2 Å². The third-order valence-electron chi connectivity index (χ3n) is 5.77. The van der Waals surface area contributed by atoms with Crippen molar-refractivity contribution in [2.75, 3.05) is 6.61 Å². The molecule has 3 atom stereocenters. The van der Waals surface area contributed by atoms with Gasteiger partial charge in [0.15, 0.2) is 0 Å².